The number of ether oxygens (including phenoxy) is 1. The molecule has 116 valence electrons. The lowest BCUT2D eigenvalue weighted by Gasteiger charge is -2.24. The highest BCUT2D eigenvalue weighted by atomic mass is 16.5. The van der Waals surface area contributed by atoms with Crippen molar-refractivity contribution in [2.75, 3.05) is 18.1 Å². The molecule has 1 N–H and O–H groups in total. The summed E-state index contributed by atoms with van der Waals surface area (Å²) >= 11 is 0. The van der Waals surface area contributed by atoms with Crippen LogP contribution in [0.3, 0.4) is 0 Å². The molecule has 1 saturated heterocycles. The molecule has 2 aliphatic heterocycles. The van der Waals surface area contributed by atoms with E-state index in [1.165, 1.54) is 0 Å². The minimum Gasteiger partial charge on any atom is -0.489 e. The van der Waals surface area contributed by atoms with Gasteiger partial charge in [0.15, 0.2) is 5.82 Å². The number of allylic oxidation sites excluding steroid dienone is 2. The van der Waals surface area contributed by atoms with Crippen LogP contribution in [0.4, 0.5) is 5.82 Å². The molecule has 23 heavy (non-hydrogen) atoms. The van der Waals surface area contributed by atoms with Gasteiger partial charge in [0.25, 0.3) is 0 Å². The first-order chi connectivity index (χ1) is 11.4. The molecule has 0 bridgehead atoms. The number of pyridine rings is 1. The number of rotatable bonds is 3. The zero-order valence-electron chi connectivity index (χ0n) is 12.6. The lowest BCUT2D eigenvalue weighted by atomic mass is 10.00. The van der Waals surface area contributed by atoms with E-state index in [1.54, 1.807) is 24.9 Å². The molecule has 1 atom stereocenters. The van der Waals surface area contributed by atoms with Crippen molar-refractivity contribution in [2.45, 2.75) is 12.5 Å². The second-order valence-corrected chi connectivity index (χ2v) is 5.37. The van der Waals surface area contributed by atoms with E-state index in [0.29, 0.717) is 0 Å². The van der Waals surface area contributed by atoms with Crippen LogP contribution in [0.1, 0.15) is 18.1 Å². The fourth-order valence-corrected chi connectivity index (χ4v) is 2.87. The van der Waals surface area contributed by atoms with Gasteiger partial charge in [-0.1, -0.05) is 6.08 Å². The molecule has 4 heterocycles. The third-order valence-corrected chi connectivity index (χ3v) is 3.91. The van der Waals surface area contributed by atoms with E-state index in [-0.39, 0.29) is 6.10 Å². The van der Waals surface area contributed by atoms with Crippen LogP contribution < -0.4 is 10.4 Å². The Labute approximate surface area is 134 Å². The Bertz CT molecular complexity index is 738. The molecule has 6 nitrogen and oxygen atoms in total. The second-order valence-electron chi connectivity index (χ2n) is 5.37. The van der Waals surface area contributed by atoms with E-state index >= 15 is 0 Å². The maximum atomic E-state index is 5.76. The molecule has 0 saturated carbocycles. The standard InChI is InChI=1S/C17H17N5O/c1-2-11-23-15(4-1)13-5-7-20-17(22-10-3-6-21-22)16(13)14-12-18-8-9-19-14/h1-2,4-5,7-9,11-12,15,21H,3,6,10H2. The molecule has 0 radical (unpaired) electrons. The predicted molar refractivity (Wildman–Crippen MR) is 87.3 cm³/mol. The van der Waals surface area contributed by atoms with Gasteiger partial charge >= 0.3 is 0 Å². The van der Waals surface area contributed by atoms with Gasteiger partial charge in [0.2, 0.25) is 0 Å². The maximum Gasteiger partial charge on any atom is 0.152 e. The van der Waals surface area contributed by atoms with E-state index in [2.05, 4.69) is 25.4 Å². The Morgan fingerprint density at radius 1 is 1.17 bits per heavy atom. The molecule has 0 spiro atoms. The molecule has 2 aromatic heterocycles. The van der Waals surface area contributed by atoms with Crippen molar-refractivity contribution in [3.8, 4) is 11.3 Å². The Morgan fingerprint density at radius 3 is 2.91 bits per heavy atom. The van der Waals surface area contributed by atoms with Crippen LogP contribution in [-0.2, 0) is 4.74 Å². The van der Waals surface area contributed by atoms with Crippen molar-refractivity contribution in [1.29, 1.82) is 0 Å². The highest BCUT2D eigenvalue weighted by Crippen LogP contribution is 2.36. The lowest BCUT2D eigenvalue weighted by molar-refractivity contribution is 0.186. The number of aromatic nitrogens is 3. The smallest absolute Gasteiger partial charge is 0.152 e. The van der Waals surface area contributed by atoms with Crippen LogP contribution in [0.25, 0.3) is 11.3 Å². The predicted octanol–water partition coefficient (Wildman–Crippen LogP) is 2.39. The van der Waals surface area contributed by atoms with Crippen molar-refractivity contribution in [2.24, 2.45) is 0 Å². The van der Waals surface area contributed by atoms with E-state index in [1.807, 2.05) is 30.5 Å². The van der Waals surface area contributed by atoms with E-state index in [9.17, 15) is 0 Å². The van der Waals surface area contributed by atoms with Crippen LogP contribution in [0.15, 0.2) is 55.3 Å². The Kier molecular flexibility index (Phi) is 3.73. The van der Waals surface area contributed by atoms with Crippen molar-refractivity contribution < 1.29 is 4.74 Å². The van der Waals surface area contributed by atoms with Gasteiger partial charge in [0.05, 0.1) is 23.7 Å². The molecule has 4 rings (SSSR count). The molecule has 0 aliphatic carbocycles. The summed E-state index contributed by atoms with van der Waals surface area (Å²) in [7, 11) is 0. The number of nitrogens with one attached hydrogen (secondary N) is 1. The molecule has 6 heteroatoms. The number of hydrogen-bond acceptors (Lipinski definition) is 6. The molecule has 0 aromatic carbocycles. The minimum atomic E-state index is -0.152. The Morgan fingerprint density at radius 2 is 2.17 bits per heavy atom. The number of anilines is 1. The normalized spacial score (nSPS) is 19.8. The Balaban J connectivity index is 1.86. The first-order valence-electron chi connectivity index (χ1n) is 7.68. The van der Waals surface area contributed by atoms with Gasteiger partial charge in [-0.15, -0.1) is 0 Å². The Hall–Kier alpha value is -2.73. The van der Waals surface area contributed by atoms with E-state index in [4.69, 9.17) is 4.74 Å². The average Bonchev–Trinajstić information content (AvgIpc) is 3.17. The first-order valence-corrected chi connectivity index (χ1v) is 7.68. The van der Waals surface area contributed by atoms with Crippen LogP contribution >= 0.6 is 0 Å². The quantitative estimate of drug-likeness (QED) is 0.939. The zero-order valence-corrected chi connectivity index (χ0v) is 12.6. The van der Waals surface area contributed by atoms with Crippen LogP contribution in [0, 0.1) is 0 Å². The van der Waals surface area contributed by atoms with Gasteiger partial charge < -0.3 is 4.74 Å². The molecule has 0 amide bonds. The number of hydrazine groups is 1. The second kappa shape index (κ2) is 6.18. The van der Waals surface area contributed by atoms with Crippen molar-refractivity contribution in [3.63, 3.8) is 0 Å². The third-order valence-electron chi connectivity index (χ3n) is 3.91. The van der Waals surface area contributed by atoms with Crippen LogP contribution in [0.5, 0.6) is 0 Å². The molecule has 2 aromatic rings. The van der Waals surface area contributed by atoms with Crippen LogP contribution in [0.2, 0.25) is 0 Å². The number of nitrogens with zero attached hydrogens (tertiary/aromatic N) is 4. The minimum absolute atomic E-state index is 0.152. The fourth-order valence-electron chi connectivity index (χ4n) is 2.87. The van der Waals surface area contributed by atoms with E-state index < -0.39 is 0 Å². The summed E-state index contributed by atoms with van der Waals surface area (Å²) in [6, 6.07) is 1.98. The fraction of sp³-hybridized carbons (Fsp3) is 0.235. The summed E-state index contributed by atoms with van der Waals surface area (Å²) in [5.41, 5.74) is 6.15. The lowest BCUT2D eigenvalue weighted by Crippen LogP contribution is -2.32. The van der Waals surface area contributed by atoms with Gasteiger partial charge in [-0.3, -0.25) is 15.0 Å². The maximum absolute atomic E-state index is 5.76. The summed E-state index contributed by atoms with van der Waals surface area (Å²) in [6.45, 7) is 1.87. The van der Waals surface area contributed by atoms with Crippen molar-refractivity contribution >= 4 is 5.82 Å². The van der Waals surface area contributed by atoms with Gasteiger partial charge in [-0.2, -0.15) is 0 Å². The van der Waals surface area contributed by atoms with Gasteiger partial charge in [0, 0.05) is 37.2 Å². The molecule has 1 unspecified atom stereocenters. The largest absolute Gasteiger partial charge is 0.489 e. The highest BCUT2D eigenvalue weighted by Gasteiger charge is 2.24. The SMILES string of the molecule is C1=COC(c2ccnc(N3CCCN3)c2-c2cnccn2)C=C1. The molecule has 1 fully saturated rings. The summed E-state index contributed by atoms with van der Waals surface area (Å²) in [5, 5.41) is 2.08. The topological polar surface area (TPSA) is 63.2 Å². The summed E-state index contributed by atoms with van der Waals surface area (Å²) in [5.74, 6) is 0.868. The molecule has 2 aliphatic rings. The van der Waals surface area contributed by atoms with Gasteiger partial charge in [0.1, 0.15) is 6.10 Å². The first kappa shape index (κ1) is 13.9. The number of hydrogen-bond donors (Lipinski definition) is 1. The zero-order chi connectivity index (χ0) is 15.5. The average molecular weight is 307 g/mol. The molecular weight excluding hydrogens is 290 g/mol. The van der Waals surface area contributed by atoms with Crippen molar-refractivity contribution in [3.05, 3.63) is 60.9 Å². The molecular formula is C17H17N5O. The third kappa shape index (κ3) is 2.68. The van der Waals surface area contributed by atoms with Crippen molar-refractivity contribution in [1.82, 2.24) is 20.4 Å². The summed E-state index contributed by atoms with van der Waals surface area (Å²) in [4.78, 5) is 13.3. The summed E-state index contributed by atoms with van der Waals surface area (Å²) in [6.07, 6.45) is 15.5. The van der Waals surface area contributed by atoms with E-state index in [0.717, 1.165) is 42.1 Å². The summed E-state index contributed by atoms with van der Waals surface area (Å²) < 4.78 is 5.76. The van der Waals surface area contributed by atoms with Gasteiger partial charge in [-0.25, -0.2) is 10.4 Å². The van der Waals surface area contributed by atoms with Crippen LogP contribution in [-0.4, -0.2) is 28.0 Å². The van der Waals surface area contributed by atoms with Gasteiger partial charge in [-0.05, 0) is 24.6 Å². The highest BCUT2D eigenvalue weighted by molar-refractivity contribution is 5.76. The monoisotopic (exact) mass is 307 g/mol.